The summed E-state index contributed by atoms with van der Waals surface area (Å²) in [6.45, 7) is 0. The molecule has 0 fully saturated rings. The summed E-state index contributed by atoms with van der Waals surface area (Å²) in [5.41, 5.74) is 4.53. The number of carbonyl (C=O) groups is 1. The first-order chi connectivity index (χ1) is 15.5. The third kappa shape index (κ3) is 3.05. The van der Waals surface area contributed by atoms with Gasteiger partial charge in [0.15, 0.2) is 11.5 Å². The van der Waals surface area contributed by atoms with Crippen LogP contribution in [-0.4, -0.2) is 40.0 Å². The van der Waals surface area contributed by atoms with Gasteiger partial charge in [0.1, 0.15) is 5.69 Å². The van der Waals surface area contributed by atoms with Crippen molar-refractivity contribution in [1.82, 2.24) is 14.6 Å². The number of phenols is 1. The van der Waals surface area contributed by atoms with Crippen molar-refractivity contribution in [3.05, 3.63) is 64.8 Å². The van der Waals surface area contributed by atoms with Gasteiger partial charge >= 0.3 is 6.09 Å². The summed E-state index contributed by atoms with van der Waals surface area (Å²) in [4.78, 5) is 16.3. The van der Waals surface area contributed by atoms with Crippen molar-refractivity contribution in [3.8, 4) is 22.8 Å². The highest BCUT2D eigenvalue weighted by Gasteiger charge is 2.30. The molecule has 3 N–H and O–H groups in total. The van der Waals surface area contributed by atoms with Crippen LogP contribution in [0.4, 0.5) is 16.4 Å². The number of hydrogen-bond acceptors (Lipinski definition) is 7. The van der Waals surface area contributed by atoms with Gasteiger partial charge < -0.3 is 19.9 Å². The molecule has 4 aromatic rings. The Hall–Kier alpha value is -3.98. The van der Waals surface area contributed by atoms with Crippen molar-refractivity contribution in [2.45, 2.75) is 6.04 Å². The quantitative estimate of drug-likeness (QED) is 0.422. The third-order valence-corrected chi connectivity index (χ3v) is 5.77. The zero-order valence-electron chi connectivity index (χ0n) is 17.1. The van der Waals surface area contributed by atoms with Gasteiger partial charge in [-0.2, -0.15) is 0 Å². The van der Waals surface area contributed by atoms with E-state index in [0.717, 1.165) is 22.3 Å². The lowest BCUT2D eigenvalue weighted by molar-refractivity contribution is 0.186. The Kier molecular flexibility index (Phi) is 4.75. The highest BCUT2D eigenvalue weighted by Crippen LogP contribution is 2.46. The zero-order chi connectivity index (χ0) is 22.4. The standard InChI is InChI=1S/C22H18ClN5O4/c1-31-15-8-7-12(16(23)20(15)29)17-13-9-10-28-19(13)18(11-5-3-4-6-14(11)24-17)25-21(27-28)26-22(30)32-2/h3-10,17,24,29H,1-2H3,(H,26,27,30). The minimum Gasteiger partial charge on any atom is -0.503 e. The number of fused-ring (bicyclic) bond motifs is 2. The summed E-state index contributed by atoms with van der Waals surface area (Å²) < 4.78 is 11.5. The van der Waals surface area contributed by atoms with Gasteiger partial charge in [0, 0.05) is 28.6 Å². The fourth-order valence-corrected chi connectivity index (χ4v) is 4.17. The van der Waals surface area contributed by atoms with Crippen LogP contribution in [-0.2, 0) is 4.74 Å². The molecule has 5 rings (SSSR count). The van der Waals surface area contributed by atoms with Crippen molar-refractivity contribution in [1.29, 1.82) is 0 Å². The Bertz CT molecular complexity index is 1370. The Balaban J connectivity index is 1.76. The Labute approximate surface area is 187 Å². The van der Waals surface area contributed by atoms with E-state index >= 15 is 0 Å². The van der Waals surface area contributed by atoms with E-state index in [1.807, 2.05) is 36.4 Å². The number of halogens is 1. The predicted octanol–water partition coefficient (Wildman–Crippen LogP) is 4.46. The first kappa shape index (κ1) is 20.0. The maximum atomic E-state index is 11.7. The molecule has 0 radical (unpaired) electrons. The van der Waals surface area contributed by atoms with Crippen LogP contribution >= 0.6 is 11.6 Å². The van der Waals surface area contributed by atoms with E-state index in [9.17, 15) is 9.90 Å². The van der Waals surface area contributed by atoms with Crippen LogP contribution in [0.3, 0.4) is 0 Å². The molecule has 1 aliphatic heterocycles. The van der Waals surface area contributed by atoms with Crippen LogP contribution in [0.2, 0.25) is 5.02 Å². The van der Waals surface area contributed by atoms with Gasteiger partial charge in [0.05, 0.1) is 30.8 Å². The average molecular weight is 452 g/mol. The van der Waals surface area contributed by atoms with Crippen LogP contribution in [0, 0.1) is 0 Å². The minimum atomic E-state index is -0.665. The number of aromatic hydroxyl groups is 1. The lowest BCUT2D eigenvalue weighted by Crippen LogP contribution is -2.15. The number of amides is 1. The largest absolute Gasteiger partial charge is 0.503 e. The molecule has 1 aliphatic rings. The van der Waals surface area contributed by atoms with Crippen LogP contribution in [0.5, 0.6) is 11.5 Å². The normalized spacial score (nSPS) is 14.3. The molecule has 0 spiro atoms. The van der Waals surface area contributed by atoms with E-state index in [0.29, 0.717) is 11.3 Å². The highest BCUT2D eigenvalue weighted by atomic mass is 35.5. The van der Waals surface area contributed by atoms with Crippen molar-refractivity contribution in [2.75, 3.05) is 24.9 Å². The summed E-state index contributed by atoms with van der Waals surface area (Å²) in [7, 11) is 2.74. The molecule has 0 aliphatic carbocycles. The zero-order valence-corrected chi connectivity index (χ0v) is 17.8. The van der Waals surface area contributed by atoms with Crippen molar-refractivity contribution in [2.24, 2.45) is 0 Å². The maximum absolute atomic E-state index is 11.7. The number of nitrogens with one attached hydrogen (secondary N) is 2. The van der Waals surface area contributed by atoms with Crippen molar-refractivity contribution in [3.63, 3.8) is 0 Å². The lowest BCUT2D eigenvalue weighted by Gasteiger charge is -2.21. The molecular formula is C22H18ClN5O4. The van der Waals surface area contributed by atoms with Crippen molar-refractivity contribution >= 4 is 34.8 Å². The number of phenolic OH excluding ortho intramolecular Hbond substituents is 1. The fourth-order valence-electron chi connectivity index (χ4n) is 3.91. The molecule has 0 saturated heterocycles. The average Bonchev–Trinajstić information content (AvgIpc) is 3.17. The summed E-state index contributed by atoms with van der Waals surface area (Å²) >= 11 is 6.55. The second kappa shape index (κ2) is 7.61. The number of ether oxygens (including phenoxy) is 2. The minimum absolute atomic E-state index is 0.106. The second-order valence-electron chi connectivity index (χ2n) is 7.11. The van der Waals surface area contributed by atoms with E-state index in [1.54, 1.807) is 16.8 Å². The molecule has 9 nitrogen and oxygen atoms in total. The second-order valence-corrected chi connectivity index (χ2v) is 7.49. The maximum Gasteiger partial charge on any atom is 0.413 e. The molecule has 2 aromatic carbocycles. The first-order valence-electron chi connectivity index (χ1n) is 9.67. The van der Waals surface area contributed by atoms with Crippen molar-refractivity contribution < 1.29 is 19.4 Å². The summed E-state index contributed by atoms with van der Waals surface area (Å²) in [5.74, 6) is 0.266. The number of nitrogens with zero attached hydrogens (tertiary/aromatic N) is 3. The van der Waals surface area contributed by atoms with Gasteiger partial charge in [-0.1, -0.05) is 35.9 Å². The summed E-state index contributed by atoms with van der Waals surface area (Å²) in [6, 6.07) is 12.6. The van der Waals surface area contributed by atoms with E-state index in [4.69, 9.17) is 16.3 Å². The van der Waals surface area contributed by atoms with Gasteiger partial charge in [-0.05, 0) is 18.2 Å². The van der Waals surface area contributed by atoms with E-state index in [1.165, 1.54) is 14.2 Å². The molecule has 0 bridgehead atoms. The molecular weight excluding hydrogens is 434 g/mol. The number of rotatable bonds is 3. The molecule has 0 saturated carbocycles. The number of benzene rings is 2. The molecule has 1 unspecified atom stereocenters. The Morgan fingerprint density at radius 2 is 2.00 bits per heavy atom. The van der Waals surface area contributed by atoms with Gasteiger partial charge in [0.2, 0.25) is 0 Å². The SMILES string of the molecule is COC(=O)Nc1nc2c3c(ccn3n1)C(c1ccc(OC)c(O)c1Cl)Nc1ccccc1-2. The summed E-state index contributed by atoms with van der Waals surface area (Å²) in [6.07, 6.45) is 1.11. The Morgan fingerprint density at radius 3 is 2.78 bits per heavy atom. The first-order valence-corrected chi connectivity index (χ1v) is 10.0. The van der Waals surface area contributed by atoms with Crippen LogP contribution < -0.4 is 15.4 Å². The topological polar surface area (TPSA) is 110 Å². The van der Waals surface area contributed by atoms with Gasteiger partial charge in [-0.15, -0.1) is 5.10 Å². The monoisotopic (exact) mass is 451 g/mol. The molecule has 1 amide bonds. The number of anilines is 2. The lowest BCUT2D eigenvalue weighted by atomic mass is 9.99. The van der Waals surface area contributed by atoms with Crippen LogP contribution in [0.1, 0.15) is 17.2 Å². The van der Waals surface area contributed by atoms with Crippen LogP contribution in [0.25, 0.3) is 16.8 Å². The van der Waals surface area contributed by atoms with Crippen LogP contribution in [0.15, 0.2) is 48.7 Å². The number of para-hydroxylation sites is 1. The molecule has 32 heavy (non-hydrogen) atoms. The molecule has 2 aromatic heterocycles. The van der Waals surface area contributed by atoms with E-state index in [2.05, 4.69) is 25.5 Å². The number of methoxy groups -OCH3 is 2. The third-order valence-electron chi connectivity index (χ3n) is 5.37. The van der Waals surface area contributed by atoms with Gasteiger partial charge in [-0.25, -0.2) is 14.3 Å². The van der Waals surface area contributed by atoms with E-state index < -0.39 is 12.1 Å². The van der Waals surface area contributed by atoms with Gasteiger partial charge in [-0.3, -0.25) is 5.32 Å². The Morgan fingerprint density at radius 1 is 1.19 bits per heavy atom. The fraction of sp³-hybridized carbons (Fsp3) is 0.136. The molecule has 162 valence electrons. The smallest absolute Gasteiger partial charge is 0.413 e. The molecule has 3 heterocycles. The number of aromatic nitrogens is 3. The highest BCUT2D eigenvalue weighted by molar-refractivity contribution is 6.33. The van der Waals surface area contributed by atoms with E-state index in [-0.39, 0.29) is 22.5 Å². The van der Waals surface area contributed by atoms with Gasteiger partial charge in [0.25, 0.3) is 5.95 Å². The number of carbonyl (C=O) groups excluding carboxylic acids is 1. The molecule has 1 atom stereocenters. The summed E-state index contributed by atoms with van der Waals surface area (Å²) in [5, 5.41) is 21.1. The predicted molar refractivity (Wildman–Crippen MR) is 120 cm³/mol. The molecule has 10 heteroatoms. The number of hydrogen-bond donors (Lipinski definition) is 3.